The molecule has 0 bridgehead atoms. The molecule has 2 N–H and O–H groups in total. The molecule has 1 saturated carbocycles. The molecule has 1 fully saturated rings. The second-order valence-corrected chi connectivity index (χ2v) is 8.65. The van der Waals surface area contributed by atoms with E-state index in [9.17, 15) is 14.0 Å². The SMILES string of the molecule is CC(C)(C)OC(=O)NC1(C(=O)NC2CCc3cc(Br)cc(F)c32)CC1. The molecule has 0 aromatic heterocycles. The second kappa shape index (κ2) is 6.27. The number of carbonyl (C=O) groups excluding carboxylic acids is 2. The van der Waals surface area contributed by atoms with Gasteiger partial charge in [0, 0.05) is 10.0 Å². The van der Waals surface area contributed by atoms with Crippen molar-refractivity contribution in [2.24, 2.45) is 0 Å². The third-order valence-electron chi connectivity index (χ3n) is 4.46. The van der Waals surface area contributed by atoms with E-state index >= 15 is 0 Å². The maximum atomic E-state index is 14.3. The van der Waals surface area contributed by atoms with E-state index < -0.39 is 17.2 Å². The first kappa shape index (κ1) is 18.2. The third-order valence-corrected chi connectivity index (χ3v) is 4.92. The van der Waals surface area contributed by atoms with Crippen LogP contribution in [0.1, 0.15) is 57.2 Å². The number of carbonyl (C=O) groups is 2. The number of hydrogen-bond acceptors (Lipinski definition) is 3. The Bertz CT molecular complexity index is 726. The molecule has 2 amide bonds. The first-order valence-electron chi connectivity index (χ1n) is 8.40. The number of fused-ring (bicyclic) bond motifs is 1. The van der Waals surface area contributed by atoms with Gasteiger partial charge in [0.15, 0.2) is 0 Å². The van der Waals surface area contributed by atoms with Crippen molar-refractivity contribution in [2.75, 3.05) is 0 Å². The van der Waals surface area contributed by atoms with Crippen LogP contribution in [0.15, 0.2) is 16.6 Å². The average Bonchev–Trinajstić information content (AvgIpc) is 3.11. The molecule has 0 aliphatic heterocycles. The van der Waals surface area contributed by atoms with Gasteiger partial charge in [0.05, 0.1) is 6.04 Å². The van der Waals surface area contributed by atoms with E-state index in [0.29, 0.717) is 35.7 Å². The monoisotopic (exact) mass is 412 g/mol. The van der Waals surface area contributed by atoms with Gasteiger partial charge in [0.25, 0.3) is 0 Å². The summed E-state index contributed by atoms with van der Waals surface area (Å²) in [6.45, 7) is 5.30. The Morgan fingerprint density at radius 2 is 2.00 bits per heavy atom. The standard InChI is InChI=1S/C18H22BrFN2O3/c1-17(2,3)25-16(24)22-18(6-7-18)15(23)21-13-5-4-10-8-11(19)9-12(20)14(10)13/h8-9,13H,4-7H2,1-3H3,(H,21,23)(H,22,24). The van der Waals surface area contributed by atoms with Gasteiger partial charge in [-0.1, -0.05) is 15.9 Å². The van der Waals surface area contributed by atoms with Crippen molar-refractivity contribution in [3.8, 4) is 0 Å². The second-order valence-electron chi connectivity index (χ2n) is 7.73. The van der Waals surface area contributed by atoms with Crippen LogP contribution in [0.25, 0.3) is 0 Å². The molecule has 0 heterocycles. The van der Waals surface area contributed by atoms with E-state index in [1.807, 2.05) is 6.07 Å². The minimum absolute atomic E-state index is 0.279. The number of ether oxygens (including phenoxy) is 1. The fourth-order valence-corrected chi connectivity index (χ4v) is 3.63. The van der Waals surface area contributed by atoms with Crippen LogP contribution in [0.2, 0.25) is 0 Å². The summed E-state index contributed by atoms with van der Waals surface area (Å²) in [6, 6.07) is 2.93. The Morgan fingerprint density at radius 1 is 1.32 bits per heavy atom. The van der Waals surface area contributed by atoms with Crippen LogP contribution in [0, 0.1) is 5.82 Å². The lowest BCUT2D eigenvalue weighted by atomic mass is 10.1. The number of benzene rings is 1. The van der Waals surface area contributed by atoms with E-state index in [-0.39, 0.29) is 17.8 Å². The Hall–Kier alpha value is -1.63. The third kappa shape index (κ3) is 3.97. The fourth-order valence-electron chi connectivity index (χ4n) is 3.15. The first-order valence-corrected chi connectivity index (χ1v) is 9.19. The maximum absolute atomic E-state index is 14.3. The lowest BCUT2D eigenvalue weighted by Crippen LogP contribution is -2.50. The molecule has 1 unspecified atom stereocenters. The quantitative estimate of drug-likeness (QED) is 0.793. The molecule has 136 valence electrons. The largest absolute Gasteiger partial charge is 0.444 e. The van der Waals surface area contributed by atoms with Crippen LogP contribution in [-0.2, 0) is 16.0 Å². The molecular formula is C18H22BrFN2O3. The Kier molecular flexibility index (Phi) is 4.56. The van der Waals surface area contributed by atoms with Gasteiger partial charge >= 0.3 is 6.09 Å². The summed E-state index contributed by atoms with van der Waals surface area (Å²) in [7, 11) is 0. The molecule has 1 atom stereocenters. The molecule has 0 saturated heterocycles. The van der Waals surface area contributed by atoms with Gasteiger partial charge in [0.2, 0.25) is 5.91 Å². The first-order chi connectivity index (χ1) is 11.6. The van der Waals surface area contributed by atoms with E-state index in [4.69, 9.17) is 4.74 Å². The van der Waals surface area contributed by atoms with Crippen molar-refractivity contribution < 1.29 is 18.7 Å². The topological polar surface area (TPSA) is 67.4 Å². The normalized spacial score (nSPS) is 20.6. The predicted molar refractivity (Wildman–Crippen MR) is 94.6 cm³/mol. The van der Waals surface area contributed by atoms with Crippen LogP contribution in [0.5, 0.6) is 0 Å². The number of halogens is 2. The molecular weight excluding hydrogens is 391 g/mol. The summed E-state index contributed by atoms with van der Waals surface area (Å²) in [5, 5.41) is 5.57. The van der Waals surface area contributed by atoms with Crippen LogP contribution < -0.4 is 10.6 Å². The van der Waals surface area contributed by atoms with Gasteiger partial charge < -0.3 is 15.4 Å². The molecule has 2 aliphatic carbocycles. The van der Waals surface area contributed by atoms with Crippen molar-refractivity contribution in [1.82, 2.24) is 10.6 Å². The van der Waals surface area contributed by atoms with E-state index in [0.717, 1.165) is 5.56 Å². The highest BCUT2D eigenvalue weighted by atomic mass is 79.9. The van der Waals surface area contributed by atoms with Crippen molar-refractivity contribution in [3.05, 3.63) is 33.5 Å². The van der Waals surface area contributed by atoms with Crippen molar-refractivity contribution in [3.63, 3.8) is 0 Å². The minimum Gasteiger partial charge on any atom is -0.444 e. The van der Waals surface area contributed by atoms with Gasteiger partial charge in [-0.05, 0) is 64.2 Å². The van der Waals surface area contributed by atoms with Gasteiger partial charge in [-0.15, -0.1) is 0 Å². The summed E-state index contributed by atoms with van der Waals surface area (Å²) in [5.41, 5.74) is -0.110. The molecule has 2 aliphatic rings. The Morgan fingerprint density at radius 3 is 2.60 bits per heavy atom. The summed E-state index contributed by atoms with van der Waals surface area (Å²) in [5.74, 6) is -0.601. The van der Waals surface area contributed by atoms with Crippen molar-refractivity contribution in [1.29, 1.82) is 0 Å². The van der Waals surface area contributed by atoms with Gasteiger partial charge in [-0.25, -0.2) is 9.18 Å². The van der Waals surface area contributed by atoms with Crippen LogP contribution >= 0.6 is 15.9 Å². The fraction of sp³-hybridized carbons (Fsp3) is 0.556. The van der Waals surface area contributed by atoms with Crippen molar-refractivity contribution >= 4 is 27.9 Å². The Labute approximate surface area is 154 Å². The predicted octanol–water partition coefficient (Wildman–Crippen LogP) is 3.75. The number of nitrogens with one attached hydrogen (secondary N) is 2. The van der Waals surface area contributed by atoms with E-state index in [2.05, 4.69) is 26.6 Å². The summed E-state index contributed by atoms with van der Waals surface area (Å²) in [4.78, 5) is 24.6. The summed E-state index contributed by atoms with van der Waals surface area (Å²) >= 11 is 3.29. The average molecular weight is 413 g/mol. The molecule has 0 spiro atoms. The molecule has 7 heteroatoms. The number of aryl methyl sites for hydroxylation is 1. The number of rotatable bonds is 3. The molecule has 0 radical (unpaired) electrons. The highest BCUT2D eigenvalue weighted by molar-refractivity contribution is 9.10. The van der Waals surface area contributed by atoms with Crippen molar-refractivity contribution in [2.45, 2.75) is 63.6 Å². The molecule has 3 rings (SSSR count). The minimum atomic E-state index is -0.934. The van der Waals surface area contributed by atoms with Gasteiger partial charge in [-0.2, -0.15) is 0 Å². The zero-order chi connectivity index (χ0) is 18.4. The number of amides is 2. The van der Waals surface area contributed by atoms with Gasteiger partial charge in [0.1, 0.15) is 17.0 Å². The molecule has 25 heavy (non-hydrogen) atoms. The van der Waals surface area contributed by atoms with Crippen LogP contribution in [0.4, 0.5) is 9.18 Å². The maximum Gasteiger partial charge on any atom is 0.408 e. The van der Waals surface area contributed by atoms with Crippen LogP contribution in [0.3, 0.4) is 0 Å². The summed E-state index contributed by atoms with van der Waals surface area (Å²) in [6.07, 6.45) is 1.86. The molecule has 5 nitrogen and oxygen atoms in total. The van der Waals surface area contributed by atoms with E-state index in [1.54, 1.807) is 20.8 Å². The smallest absolute Gasteiger partial charge is 0.408 e. The molecule has 1 aromatic rings. The zero-order valence-corrected chi connectivity index (χ0v) is 16.1. The van der Waals surface area contributed by atoms with Crippen LogP contribution in [-0.4, -0.2) is 23.1 Å². The Balaban J connectivity index is 1.67. The summed E-state index contributed by atoms with van der Waals surface area (Å²) < 4.78 is 20.2. The van der Waals surface area contributed by atoms with E-state index in [1.165, 1.54) is 6.07 Å². The highest BCUT2D eigenvalue weighted by Gasteiger charge is 2.52. The molecule has 1 aromatic carbocycles. The highest BCUT2D eigenvalue weighted by Crippen LogP contribution is 2.39. The zero-order valence-electron chi connectivity index (χ0n) is 14.5. The lowest BCUT2D eigenvalue weighted by Gasteiger charge is -2.24. The lowest BCUT2D eigenvalue weighted by molar-refractivity contribution is -0.125. The number of hydrogen-bond donors (Lipinski definition) is 2. The number of alkyl carbamates (subject to hydrolysis) is 1. The van der Waals surface area contributed by atoms with Gasteiger partial charge in [-0.3, -0.25) is 4.79 Å².